The number of primary amides is 1. The zero-order chi connectivity index (χ0) is 19.2. The van der Waals surface area contributed by atoms with Crippen molar-refractivity contribution in [3.63, 3.8) is 0 Å². The number of sulfonamides is 1. The first kappa shape index (κ1) is 19.5. The van der Waals surface area contributed by atoms with Crippen LogP contribution in [0.4, 0.5) is 13.2 Å². The van der Waals surface area contributed by atoms with E-state index in [2.05, 4.69) is 10.1 Å². The van der Waals surface area contributed by atoms with E-state index in [-0.39, 0.29) is 4.31 Å². The molecule has 0 aliphatic carbocycles. The average Bonchev–Trinajstić information content (AvgIpc) is 3.06. The highest BCUT2D eigenvalue weighted by atomic mass is 32.2. The van der Waals surface area contributed by atoms with Crippen molar-refractivity contribution in [2.75, 3.05) is 13.6 Å². The summed E-state index contributed by atoms with van der Waals surface area (Å²) in [5.74, 6) is -1.38. The molecule has 4 atom stereocenters. The molecule has 1 aromatic rings. The molecule has 1 aromatic heterocycles. The first-order valence-electron chi connectivity index (χ1n) is 6.61. The van der Waals surface area contributed by atoms with Crippen LogP contribution in [0.15, 0.2) is 6.33 Å². The number of carbonyl (C=O) groups excluding carboxylic acids is 1. The average molecular weight is 389 g/mol. The SMILES string of the molecule is CN(CC1O[C@@H](n2cnc(C(N)=O)n2)[C@H](O)[C@@H]1O)S(=O)(=O)C(F)(F)F. The molecule has 0 radical (unpaired) electrons. The number of hydrogen-bond acceptors (Lipinski definition) is 8. The van der Waals surface area contributed by atoms with Crippen LogP contribution in [0.25, 0.3) is 0 Å². The smallest absolute Gasteiger partial charge is 0.387 e. The van der Waals surface area contributed by atoms with Crippen molar-refractivity contribution in [3.8, 4) is 0 Å². The maximum absolute atomic E-state index is 12.5. The first-order chi connectivity index (χ1) is 11.4. The second-order valence-electron chi connectivity index (χ2n) is 5.19. The van der Waals surface area contributed by atoms with Crippen molar-refractivity contribution in [1.82, 2.24) is 19.1 Å². The fourth-order valence-corrected chi connectivity index (χ4v) is 2.83. The number of amides is 1. The van der Waals surface area contributed by atoms with Crippen molar-refractivity contribution >= 4 is 15.9 Å². The van der Waals surface area contributed by atoms with Crippen molar-refractivity contribution in [1.29, 1.82) is 0 Å². The van der Waals surface area contributed by atoms with Crippen molar-refractivity contribution in [2.24, 2.45) is 5.73 Å². The number of carbonyl (C=O) groups is 1. The van der Waals surface area contributed by atoms with E-state index >= 15 is 0 Å². The van der Waals surface area contributed by atoms with E-state index < -0.39 is 58.3 Å². The number of aliphatic hydroxyl groups excluding tert-OH is 2. The monoisotopic (exact) mass is 389 g/mol. The molecule has 4 N–H and O–H groups in total. The van der Waals surface area contributed by atoms with Gasteiger partial charge in [-0.3, -0.25) is 4.79 Å². The van der Waals surface area contributed by atoms with Gasteiger partial charge in [0.25, 0.3) is 5.91 Å². The molecule has 25 heavy (non-hydrogen) atoms. The molecule has 1 aliphatic heterocycles. The van der Waals surface area contributed by atoms with Crippen molar-refractivity contribution in [3.05, 3.63) is 12.2 Å². The molecule has 1 unspecified atom stereocenters. The highest BCUT2D eigenvalue weighted by Crippen LogP contribution is 2.31. The molecular formula is C10H14F3N5O6S. The third-order valence-electron chi connectivity index (χ3n) is 3.47. The molecule has 0 saturated carbocycles. The van der Waals surface area contributed by atoms with E-state index in [1.165, 1.54) is 0 Å². The molecular weight excluding hydrogens is 375 g/mol. The third-order valence-corrected chi connectivity index (χ3v) is 5.02. The largest absolute Gasteiger partial charge is 0.511 e. The summed E-state index contributed by atoms with van der Waals surface area (Å²) in [6.45, 7) is -0.881. The van der Waals surface area contributed by atoms with E-state index in [9.17, 15) is 36.6 Å². The maximum Gasteiger partial charge on any atom is 0.511 e. The topological polar surface area (TPSA) is 161 Å². The molecule has 142 valence electrons. The highest BCUT2D eigenvalue weighted by molar-refractivity contribution is 7.89. The van der Waals surface area contributed by atoms with Crippen LogP contribution in [0.5, 0.6) is 0 Å². The molecule has 0 spiro atoms. The number of aliphatic hydroxyl groups is 2. The van der Waals surface area contributed by atoms with E-state index in [1.54, 1.807) is 0 Å². The summed E-state index contributed by atoms with van der Waals surface area (Å²) in [6.07, 6.45) is -5.29. The van der Waals surface area contributed by atoms with Crippen LogP contribution in [-0.2, 0) is 14.8 Å². The van der Waals surface area contributed by atoms with Gasteiger partial charge in [0.1, 0.15) is 24.6 Å². The van der Waals surface area contributed by atoms with E-state index in [0.717, 1.165) is 11.0 Å². The van der Waals surface area contributed by atoms with Gasteiger partial charge in [-0.05, 0) is 0 Å². The maximum atomic E-state index is 12.5. The van der Waals surface area contributed by atoms with Gasteiger partial charge in [0.05, 0.1) is 0 Å². The fourth-order valence-electron chi connectivity index (χ4n) is 2.14. The van der Waals surface area contributed by atoms with Gasteiger partial charge < -0.3 is 20.7 Å². The molecule has 2 heterocycles. The van der Waals surface area contributed by atoms with Gasteiger partial charge in [-0.2, -0.15) is 17.5 Å². The zero-order valence-corrected chi connectivity index (χ0v) is 13.3. The normalized spacial score (nSPS) is 27.8. The van der Waals surface area contributed by atoms with Crippen molar-refractivity contribution < 1.29 is 41.3 Å². The second kappa shape index (κ2) is 6.49. The molecule has 1 amide bonds. The minimum Gasteiger partial charge on any atom is -0.387 e. The van der Waals surface area contributed by atoms with Gasteiger partial charge in [-0.1, -0.05) is 0 Å². The Balaban J connectivity index is 2.15. The number of likely N-dealkylation sites (N-methyl/N-ethyl adjacent to an activating group) is 1. The molecule has 2 rings (SSSR count). The van der Waals surface area contributed by atoms with Gasteiger partial charge in [0.15, 0.2) is 6.23 Å². The minimum absolute atomic E-state index is 0.0494. The predicted octanol–water partition coefficient (Wildman–Crippen LogP) is -2.22. The predicted molar refractivity (Wildman–Crippen MR) is 72.1 cm³/mol. The summed E-state index contributed by atoms with van der Waals surface area (Å²) in [7, 11) is -4.98. The number of nitrogens with two attached hydrogens (primary N) is 1. The van der Waals surface area contributed by atoms with Crippen LogP contribution in [0.1, 0.15) is 16.8 Å². The summed E-state index contributed by atoms with van der Waals surface area (Å²) in [4.78, 5) is 14.5. The summed E-state index contributed by atoms with van der Waals surface area (Å²) >= 11 is 0. The number of alkyl halides is 3. The number of rotatable bonds is 5. The lowest BCUT2D eigenvalue weighted by Crippen LogP contribution is -2.45. The molecule has 15 heteroatoms. The lowest BCUT2D eigenvalue weighted by atomic mass is 10.1. The minimum atomic E-state index is -5.63. The number of ether oxygens (including phenoxy) is 1. The molecule has 0 bridgehead atoms. The van der Waals surface area contributed by atoms with Gasteiger partial charge in [0.2, 0.25) is 5.82 Å². The Morgan fingerprint density at radius 2 is 2.04 bits per heavy atom. The highest BCUT2D eigenvalue weighted by Gasteiger charge is 2.51. The summed E-state index contributed by atoms with van der Waals surface area (Å²) in [6, 6.07) is 0. The standard InChI is InChI=1S/C10H14F3N5O6S/c1-17(25(22,23)10(11,12)13)2-4-5(19)6(20)9(24-4)18-3-15-8(16-18)7(14)21/h3-6,9,19-20H,2H2,1H3,(H2,14,21)/t4?,5-,6-,9-/m1/s1. The first-order valence-corrected chi connectivity index (χ1v) is 8.05. The molecule has 1 saturated heterocycles. The Kier molecular flexibility index (Phi) is 5.06. The Bertz CT molecular complexity index is 752. The van der Waals surface area contributed by atoms with Crippen molar-refractivity contribution in [2.45, 2.75) is 30.0 Å². The zero-order valence-electron chi connectivity index (χ0n) is 12.5. The molecule has 1 fully saturated rings. The van der Waals surface area contributed by atoms with E-state index in [4.69, 9.17) is 10.5 Å². The van der Waals surface area contributed by atoms with Gasteiger partial charge >= 0.3 is 15.5 Å². The van der Waals surface area contributed by atoms with Gasteiger partial charge in [-0.15, -0.1) is 5.10 Å². The van der Waals surface area contributed by atoms with Gasteiger partial charge in [-0.25, -0.2) is 18.1 Å². The Morgan fingerprint density at radius 3 is 2.52 bits per heavy atom. The van der Waals surface area contributed by atoms with Crippen LogP contribution in [0, 0.1) is 0 Å². The summed E-state index contributed by atoms with van der Waals surface area (Å²) < 4.78 is 66.0. The Morgan fingerprint density at radius 1 is 1.44 bits per heavy atom. The molecule has 11 nitrogen and oxygen atoms in total. The van der Waals surface area contributed by atoms with Gasteiger partial charge in [0, 0.05) is 13.6 Å². The Labute approximate surface area is 138 Å². The van der Waals surface area contributed by atoms with Crippen LogP contribution < -0.4 is 5.73 Å². The quantitative estimate of drug-likeness (QED) is 0.510. The van der Waals surface area contributed by atoms with Crippen LogP contribution >= 0.6 is 0 Å². The van der Waals surface area contributed by atoms with Crippen LogP contribution in [0.2, 0.25) is 0 Å². The lowest BCUT2D eigenvalue weighted by molar-refractivity contribution is -0.0568. The number of halogens is 3. The lowest BCUT2D eigenvalue weighted by Gasteiger charge is -2.23. The summed E-state index contributed by atoms with van der Waals surface area (Å²) in [5, 5.41) is 23.4. The van der Waals surface area contributed by atoms with Crippen LogP contribution in [0.3, 0.4) is 0 Å². The van der Waals surface area contributed by atoms with Crippen LogP contribution in [-0.4, -0.2) is 81.0 Å². The molecule has 1 aliphatic rings. The second-order valence-corrected chi connectivity index (χ2v) is 7.23. The van der Waals surface area contributed by atoms with E-state index in [0.29, 0.717) is 7.05 Å². The third kappa shape index (κ3) is 3.59. The van der Waals surface area contributed by atoms with E-state index in [1.807, 2.05) is 0 Å². The fraction of sp³-hybridized carbons (Fsp3) is 0.700. The number of hydrogen-bond donors (Lipinski definition) is 3. The number of aromatic nitrogens is 3. The molecule has 0 aromatic carbocycles. The Hall–Kier alpha value is -1.81. The summed E-state index contributed by atoms with van der Waals surface area (Å²) in [5.41, 5.74) is -0.563. The number of nitrogens with zero attached hydrogens (tertiary/aromatic N) is 4.